The predicted molar refractivity (Wildman–Crippen MR) is 113 cm³/mol. The van der Waals surface area contributed by atoms with Crippen LogP contribution in [0.3, 0.4) is 0 Å². The Kier molecular flexibility index (Phi) is 4.11. The second-order valence-electron chi connectivity index (χ2n) is 8.38. The van der Waals surface area contributed by atoms with Crippen molar-refractivity contribution in [2.75, 3.05) is 5.32 Å². The van der Waals surface area contributed by atoms with E-state index in [-0.39, 0.29) is 22.9 Å². The Balaban J connectivity index is 1.62. The van der Waals surface area contributed by atoms with E-state index in [2.05, 4.69) is 29.2 Å². The largest absolute Gasteiger partial charge is 0.328 e. The van der Waals surface area contributed by atoms with Gasteiger partial charge in [0.05, 0.1) is 4.92 Å². The summed E-state index contributed by atoms with van der Waals surface area (Å²) in [6.45, 7) is 4.19. The van der Waals surface area contributed by atoms with Gasteiger partial charge >= 0.3 is 0 Å². The summed E-state index contributed by atoms with van der Waals surface area (Å²) in [7, 11) is 0. The first-order valence-electron chi connectivity index (χ1n) is 9.60. The standard InChI is InChI=1S/C21H19N5O3S/c1-21(2)10-14-17(15(27)11-21)18(16-4-3-9-30-16)25-20(22-14)23-19(24-25)12-5-7-13(8-6-12)26(28)29/h3-9,18H,10-11H2,1-2H3,(H,22,23,24). The molecule has 152 valence electrons. The van der Waals surface area contributed by atoms with E-state index in [0.717, 1.165) is 22.6 Å². The molecule has 0 bridgehead atoms. The topological polar surface area (TPSA) is 103 Å². The number of hydrogen-bond donors (Lipinski definition) is 1. The molecular formula is C21H19N5O3S. The van der Waals surface area contributed by atoms with Gasteiger partial charge in [-0.05, 0) is 35.4 Å². The number of ketones is 1. The summed E-state index contributed by atoms with van der Waals surface area (Å²) < 4.78 is 1.76. The van der Waals surface area contributed by atoms with Gasteiger partial charge in [0.25, 0.3) is 5.69 Å². The summed E-state index contributed by atoms with van der Waals surface area (Å²) in [6, 6.07) is 9.81. The van der Waals surface area contributed by atoms with Crippen LogP contribution in [0.15, 0.2) is 53.0 Å². The highest BCUT2D eigenvalue weighted by molar-refractivity contribution is 7.10. The maximum atomic E-state index is 13.1. The predicted octanol–water partition coefficient (Wildman–Crippen LogP) is 4.57. The molecule has 1 unspecified atom stereocenters. The molecule has 0 amide bonds. The minimum atomic E-state index is -0.435. The van der Waals surface area contributed by atoms with Crippen molar-refractivity contribution in [2.45, 2.75) is 32.7 Å². The number of rotatable bonds is 3. The molecule has 1 N–H and O–H groups in total. The Morgan fingerprint density at radius 1 is 1.23 bits per heavy atom. The molecule has 1 aliphatic heterocycles. The first kappa shape index (κ1) is 18.7. The van der Waals surface area contributed by atoms with Crippen molar-refractivity contribution < 1.29 is 9.72 Å². The summed E-state index contributed by atoms with van der Waals surface area (Å²) in [5.41, 5.74) is 2.24. The minimum absolute atomic E-state index is 0.0160. The average Bonchev–Trinajstić information content (AvgIpc) is 3.35. The van der Waals surface area contributed by atoms with Crippen LogP contribution >= 0.6 is 11.3 Å². The van der Waals surface area contributed by atoms with Crippen LogP contribution in [0.4, 0.5) is 11.6 Å². The Bertz CT molecular complexity index is 1190. The molecule has 0 saturated heterocycles. The molecule has 2 aliphatic rings. The van der Waals surface area contributed by atoms with E-state index in [9.17, 15) is 14.9 Å². The molecule has 8 nitrogen and oxygen atoms in total. The van der Waals surface area contributed by atoms with Gasteiger partial charge in [-0.15, -0.1) is 16.4 Å². The third-order valence-electron chi connectivity index (χ3n) is 5.48. The van der Waals surface area contributed by atoms with Crippen molar-refractivity contribution >= 4 is 28.8 Å². The molecule has 1 aromatic carbocycles. The Hall–Kier alpha value is -3.33. The summed E-state index contributed by atoms with van der Waals surface area (Å²) >= 11 is 1.58. The number of allylic oxidation sites excluding steroid dienone is 2. The number of benzene rings is 1. The molecule has 30 heavy (non-hydrogen) atoms. The number of nitrogens with zero attached hydrogens (tertiary/aromatic N) is 4. The van der Waals surface area contributed by atoms with E-state index in [1.165, 1.54) is 12.1 Å². The smallest absolute Gasteiger partial charge is 0.269 e. The molecule has 5 rings (SSSR count). The molecule has 9 heteroatoms. The van der Waals surface area contributed by atoms with Crippen LogP contribution in [-0.2, 0) is 4.79 Å². The molecule has 3 heterocycles. The molecular weight excluding hydrogens is 402 g/mol. The number of thiophene rings is 1. The molecule has 0 fully saturated rings. The van der Waals surface area contributed by atoms with Gasteiger partial charge in [0.15, 0.2) is 11.6 Å². The first-order chi connectivity index (χ1) is 14.3. The molecule has 0 radical (unpaired) electrons. The van der Waals surface area contributed by atoms with Gasteiger partial charge < -0.3 is 5.32 Å². The zero-order valence-electron chi connectivity index (χ0n) is 16.5. The van der Waals surface area contributed by atoms with Crippen molar-refractivity contribution in [3.8, 4) is 11.4 Å². The number of anilines is 1. The highest BCUT2D eigenvalue weighted by atomic mass is 32.1. The zero-order valence-corrected chi connectivity index (χ0v) is 17.3. The van der Waals surface area contributed by atoms with Crippen LogP contribution in [0.1, 0.15) is 37.6 Å². The van der Waals surface area contributed by atoms with Gasteiger partial charge in [-0.1, -0.05) is 19.9 Å². The maximum absolute atomic E-state index is 13.1. The Labute approximate surface area is 176 Å². The fourth-order valence-corrected chi connectivity index (χ4v) is 4.99. The molecule has 0 spiro atoms. The van der Waals surface area contributed by atoms with E-state index in [1.807, 2.05) is 17.5 Å². The normalized spacial score (nSPS) is 19.8. The zero-order chi connectivity index (χ0) is 21.0. The quantitative estimate of drug-likeness (QED) is 0.491. The van der Waals surface area contributed by atoms with Crippen molar-refractivity contribution in [1.29, 1.82) is 0 Å². The fraction of sp³-hybridized carbons (Fsp3) is 0.286. The third-order valence-corrected chi connectivity index (χ3v) is 6.41. The van der Waals surface area contributed by atoms with E-state index < -0.39 is 4.92 Å². The number of nitro benzene ring substituents is 1. The second-order valence-corrected chi connectivity index (χ2v) is 9.36. The molecule has 1 aliphatic carbocycles. The SMILES string of the molecule is CC1(C)CC(=O)C2=C(C1)Nc1nc(-c3ccc([N+](=O)[O-])cc3)nn1C2c1cccs1. The number of non-ortho nitro benzene ring substituents is 1. The summed E-state index contributed by atoms with van der Waals surface area (Å²) in [5.74, 6) is 1.16. The summed E-state index contributed by atoms with van der Waals surface area (Å²) in [4.78, 5) is 29.3. The molecule has 3 aromatic rings. The average molecular weight is 421 g/mol. The third kappa shape index (κ3) is 3.02. The van der Waals surface area contributed by atoms with Crippen molar-refractivity contribution in [3.05, 3.63) is 68.0 Å². The summed E-state index contributed by atoms with van der Waals surface area (Å²) in [5, 5.41) is 21.0. The van der Waals surface area contributed by atoms with Crippen molar-refractivity contribution in [3.63, 3.8) is 0 Å². The maximum Gasteiger partial charge on any atom is 0.269 e. The van der Waals surface area contributed by atoms with Gasteiger partial charge in [0.2, 0.25) is 5.95 Å². The van der Waals surface area contributed by atoms with Crippen LogP contribution in [0.2, 0.25) is 0 Å². The van der Waals surface area contributed by atoms with Gasteiger partial charge in [-0.25, -0.2) is 4.68 Å². The number of carbonyl (C=O) groups is 1. The lowest BCUT2D eigenvalue weighted by molar-refractivity contribution is -0.384. The number of hydrogen-bond acceptors (Lipinski definition) is 7. The number of carbonyl (C=O) groups excluding carboxylic acids is 1. The van der Waals surface area contributed by atoms with Crippen molar-refractivity contribution in [1.82, 2.24) is 14.8 Å². The van der Waals surface area contributed by atoms with E-state index >= 15 is 0 Å². The number of Topliss-reactive ketones (excluding diaryl/α,β-unsaturated/α-hetero) is 1. The highest BCUT2D eigenvalue weighted by Gasteiger charge is 2.42. The number of aromatic nitrogens is 3. The van der Waals surface area contributed by atoms with Gasteiger partial charge in [0, 0.05) is 40.3 Å². The van der Waals surface area contributed by atoms with Gasteiger partial charge in [0.1, 0.15) is 6.04 Å². The molecule has 1 atom stereocenters. The Morgan fingerprint density at radius 2 is 2.00 bits per heavy atom. The van der Waals surface area contributed by atoms with Crippen molar-refractivity contribution in [2.24, 2.45) is 5.41 Å². The first-order valence-corrected chi connectivity index (χ1v) is 10.5. The van der Waals surface area contributed by atoms with Gasteiger partial charge in [-0.2, -0.15) is 4.98 Å². The second kappa shape index (κ2) is 6.60. The molecule has 2 aromatic heterocycles. The lowest BCUT2D eigenvalue weighted by atomic mass is 9.73. The van der Waals surface area contributed by atoms with E-state index in [0.29, 0.717) is 23.8 Å². The van der Waals surface area contributed by atoms with Crippen LogP contribution in [0.5, 0.6) is 0 Å². The van der Waals surface area contributed by atoms with Crippen LogP contribution in [-0.4, -0.2) is 25.5 Å². The number of nitro groups is 1. The lowest BCUT2D eigenvalue weighted by Gasteiger charge is -2.37. The fourth-order valence-electron chi connectivity index (χ4n) is 4.17. The molecule has 0 saturated carbocycles. The number of nitrogens with one attached hydrogen (secondary N) is 1. The van der Waals surface area contributed by atoms with Crippen LogP contribution < -0.4 is 5.32 Å². The summed E-state index contributed by atoms with van der Waals surface area (Å²) in [6.07, 6.45) is 1.25. The Morgan fingerprint density at radius 3 is 2.67 bits per heavy atom. The highest BCUT2D eigenvalue weighted by Crippen LogP contribution is 2.46. The minimum Gasteiger partial charge on any atom is -0.328 e. The van der Waals surface area contributed by atoms with E-state index in [1.54, 1.807) is 28.2 Å². The van der Waals surface area contributed by atoms with Gasteiger partial charge in [-0.3, -0.25) is 14.9 Å². The lowest BCUT2D eigenvalue weighted by Crippen LogP contribution is -2.36. The van der Waals surface area contributed by atoms with Crippen LogP contribution in [0.25, 0.3) is 11.4 Å². The van der Waals surface area contributed by atoms with E-state index in [4.69, 9.17) is 0 Å². The monoisotopic (exact) mass is 421 g/mol. The number of fused-ring (bicyclic) bond motifs is 1. The van der Waals surface area contributed by atoms with Crippen LogP contribution in [0, 0.1) is 15.5 Å².